The molecule has 17 heavy (non-hydrogen) atoms. The third-order valence-corrected chi connectivity index (χ3v) is 4.07. The summed E-state index contributed by atoms with van der Waals surface area (Å²) in [5, 5.41) is 0. The fraction of sp³-hybridized carbons (Fsp3) is 0.538. The summed E-state index contributed by atoms with van der Waals surface area (Å²) in [4.78, 5) is -0.436. The normalized spacial score (nSPS) is 19.5. The van der Waals surface area contributed by atoms with Crippen LogP contribution in [0.5, 0.6) is 5.75 Å². The summed E-state index contributed by atoms with van der Waals surface area (Å²) in [7, 11) is 0. The maximum absolute atomic E-state index is 5.97. The van der Waals surface area contributed by atoms with Crippen LogP contribution in [0.4, 0.5) is 0 Å². The molecule has 0 aliphatic carbocycles. The monoisotopic (exact) mass is 274 g/mol. The fourth-order valence-electron chi connectivity index (χ4n) is 1.46. The molecule has 2 nitrogen and oxygen atoms in total. The van der Waals surface area contributed by atoms with E-state index < -0.39 is 4.84 Å². The topological polar surface area (TPSA) is 21.8 Å². The molecule has 0 bridgehead atoms. The van der Waals surface area contributed by atoms with Gasteiger partial charge in [-0.05, 0) is 17.7 Å². The molecule has 1 aliphatic heterocycles. The number of alkyl halides is 2. The first-order valence-electron chi connectivity index (χ1n) is 5.63. The van der Waals surface area contributed by atoms with Gasteiger partial charge in [-0.15, -0.1) is 23.2 Å². The first kappa shape index (κ1) is 13.0. The van der Waals surface area contributed by atoms with E-state index in [4.69, 9.17) is 32.7 Å². The summed E-state index contributed by atoms with van der Waals surface area (Å²) in [5.74, 6) is 0.848. The molecule has 1 aliphatic rings. The highest BCUT2D eigenvalue weighted by molar-refractivity contribution is 6.45. The van der Waals surface area contributed by atoms with E-state index >= 15 is 0 Å². The number of epoxide rings is 1. The highest BCUT2D eigenvalue weighted by Crippen LogP contribution is 2.33. The van der Waals surface area contributed by atoms with Crippen LogP contribution in [-0.4, -0.2) is 24.2 Å². The van der Waals surface area contributed by atoms with E-state index in [1.54, 1.807) is 0 Å². The van der Waals surface area contributed by atoms with Gasteiger partial charge in [-0.3, -0.25) is 0 Å². The maximum Gasteiger partial charge on any atom is 0.119 e. The molecule has 1 aromatic carbocycles. The van der Waals surface area contributed by atoms with Crippen LogP contribution in [0.1, 0.15) is 19.4 Å². The molecule has 1 saturated heterocycles. The average molecular weight is 275 g/mol. The van der Waals surface area contributed by atoms with Gasteiger partial charge in [0.2, 0.25) is 0 Å². The Labute approximate surface area is 112 Å². The van der Waals surface area contributed by atoms with E-state index in [0.29, 0.717) is 6.61 Å². The van der Waals surface area contributed by atoms with Crippen molar-refractivity contribution in [2.75, 3.05) is 13.2 Å². The summed E-state index contributed by atoms with van der Waals surface area (Å²) in [6.45, 7) is 5.47. The van der Waals surface area contributed by atoms with Crippen molar-refractivity contribution in [3.63, 3.8) is 0 Å². The Bertz CT molecular complexity index is 370. The molecule has 1 atom stereocenters. The molecule has 2 rings (SSSR count). The molecule has 0 radical (unpaired) electrons. The van der Waals surface area contributed by atoms with Crippen LogP contribution in [0.2, 0.25) is 0 Å². The van der Waals surface area contributed by atoms with Gasteiger partial charge in [-0.2, -0.15) is 0 Å². The van der Waals surface area contributed by atoms with Gasteiger partial charge in [0.05, 0.1) is 6.61 Å². The minimum absolute atomic E-state index is 0.263. The van der Waals surface area contributed by atoms with Crippen LogP contribution < -0.4 is 4.74 Å². The van der Waals surface area contributed by atoms with Crippen LogP contribution in [0, 0.1) is 0 Å². The van der Waals surface area contributed by atoms with Gasteiger partial charge in [-0.1, -0.05) is 26.0 Å². The SMILES string of the molecule is CC(C)(c1ccc(OCC2CO2)cc1)C(Cl)Cl. The van der Waals surface area contributed by atoms with Gasteiger partial charge in [0, 0.05) is 5.41 Å². The molecule has 94 valence electrons. The van der Waals surface area contributed by atoms with E-state index in [1.807, 2.05) is 38.1 Å². The number of benzene rings is 1. The Morgan fingerprint density at radius 3 is 2.41 bits per heavy atom. The Morgan fingerprint density at radius 2 is 1.94 bits per heavy atom. The largest absolute Gasteiger partial charge is 0.491 e. The smallest absolute Gasteiger partial charge is 0.119 e. The van der Waals surface area contributed by atoms with Crippen LogP contribution in [0.3, 0.4) is 0 Å². The van der Waals surface area contributed by atoms with E-state index in [0.717, 1.165) is 17.9 Å². The summed E-state index contributed by atoms with van der Waals surface area (Å²) < 4.78 is 10.6. The van der Waals surface area contributed by atoms with E-state index in [9.17, 15) is 0 Å². The number of ether oxygens (including phenoxy) is 2. The van der Waals surface area contributed by atoms with Crippen molar-refractivity contribution in [1.29, 1.82) is 0 Å². The number of rotatable bonds is 5. The number of hydrogen-bond acceptors (Lipinski definition) is 2. The van der Waals surface area contributed by atoms with Crippen LogP contribution >= 0.6 is 23.2 Å². The first-order valence-corrected chi connectivity index (χ1v) is 6.50. The molecule has 4 heteroatoms. The lowest BCUT2D eigenvalue weighted by molar-refractivity contribution is 0.263. The predicted octanol–water partition coefficient (Wildman–Crippen LogP) is 3.55. The van der Waals surface area contributed by atoms with Crippen molar-refractivity contribution >= 4 is 23.2 Å². The number of hydrogen-bond donors (Lipinski definition) is 0. The molecular weight excluding hydrogens is 259 g/mol. The molecule has 1 heterocycles. The van der Waals surface area contributed by atoms with E-state index in [1.165, 1.54) is 0 Å². The summed E-state index contributed by atoms with van der Waals surface area (Å²) in [5.41, 5.74) is 0.837. The summed E-state index contributed by atoms with van der Waals surface area (Å²) >= 11 is 11.9. The zero-order valence-electron chi connectivity index (χ0n) is 9.95. The second-order valence-electron chi connectivity index (χ2n) is 4.81. The quantitative estimate of drug-likeness (QED) is 0.605. The van der Waals surface area contributed by atoms with E-state index in [2.05, 4.69) is 0 Å². The molecular formula is C13H16Cl2O2. The predicted molar refractivity (Wildman–Crippen MR) is 70.2 cm³/mol. The van der Waals surface area contributed by atoms with Gasteiger partial charge in [0.1, 0.15) is 23.3 Å². The lowest BCUT2D eigenvalue weighted by Crippen LogP contribution is -2.25. The molecule has 0 spiro atoms. The van der Waals surface area contributed by atoms with Crippen molar-refractivity contribution in [2.24, 2.45) is 0 Å². The zero-order chi connectivity index (χ0) is 12.5. The molecule has 0 aromatic heterocycles. The highest BCUT2D eigenvalue weighted by Gasteiger charge is 2.28. The second kappa shape index (κ2) is 5.05. The third-order valence-electron chi connectivity index (χ3n) is 2.98. The Hall–Kier alpha value is -0.440. The minimum atomic E-state index is -0.436. The Balaban J connectivity index is 2.01. The van der Waals surface area contributed by atoms with Crippen molar-refractivity contribution in [2.45, 2.75) is 30.2 Å². The average Bonchev–Trinajstić information content (AvgIpc) is 3.10. The molecule has 1 unspecified atom stereocenters. The van der Waals surface area contributed by atoms with Gasteiger partial charge in [-0.25, -0.2) is 0 Å². The summed E-state index contributed by atoms with van der Waals surface area (Å²) in [6, 6.07) is 7.88. The van der Waals surface area contributed by atoms with Gasteiger partial charge in [0.25, 0.3) is 0 Å². The minimum Gasteiger partial charge on any atom is -0.491 e. The molecule has 0 amide bonds. The summed E-state index contributed by atoms with van der Waals surface area (Å²) in [6.07, 6.45) is 0.279. The first-order chi connectivity index (χ1) is 8.00. The standard InChI is InChI=1S/C13H16Cl2O2/c1-13(2,12(14)15)9-3-5-10(6-4-9)16-7-11-8-17-11/h3-6,11-12H,7-8H2,1-2H3. The van der Waals surface area contributed by atoms with Crippen LogP contribution in [0.25, 0.3) is 0 Å². The van der Waals surface area contributed by atoms with Gasteiger partial charge >= 0.3 is 0 Å². The molecule has 0 saturated carbocycles. The Kier molecular flexibility index (Phi) is 3.86. The fourth-order valence-corrected chi connectivity index (χ4v) is 1.71. The van der Waals surface area contributed by atoms with Crippen LogP contribution in [-0.2, 0) is 10.2 Å². The van der Waals surface area contributed by atoms with Crippen molar-refractivity contribution < 1.29 is 9.47 Å². The highest BCUT2D eigenvalue weighted by atomic mass is 35.5. The third kappa shape index (κ3) is 3.27. The zero-order valence-corrected chi connectivity index (χ0v) is 11.5. The molecule has 0 N–H and O–H groups in total. The lowest BCUT2D eigenvalue weighted by atomic mass is 9.86. The van der Waals surface area contributed by atoms with E-state index in [-0.39, 0.29) is 11.5 Å². The second-order valence-corrected chi connectivity index (χ2v) is 5.91. The molecule has 1 aromatic rings. The van der Waals surface area contributed by atoms with Crippen molar-refractivity contribution in [3.05, 3.63) is 29.8 Å². The number of halogens is 2. The van der Waals surface area contributed by atoms with Gasteiger partial charge in [0.15, 0.2) is 0 Å². The lowest BCUT2D eigenvalue weighted by Gasteiger charge is -2.26. The van der Waals surface area contributed by atoms with Crippen molar-refractivity contribution in [3.8, 4) is 5.75 Å². The Morgan fingerprint density at radius 1 is 1.35 bits per heavy atom. The maximum atomic E-state index is 5.97. The van der Waals surface area contributed by atoms with Crippen molar-refractivity contribution in [1.82, 2.24) is 0 Å². The van der Waals surface area contributed by atoms with Crippen LogP contribution in [0.15, 0.2) is 24.3 Å². The van der Waals surface area contributed by atoms with Gasteiger partial charge < -0.3 is 9.47 Å². The molecule has 1 fully saturated rings.